The molecule has 0 aliphatic rings. The van der Waals surface area contributed by atoms with E-state index in [4.69, 9.17) is 0 Å². The van der Waals surface area contributed by atoms with Crippen LogP contribution in [-0.4, -0.2) is 9.13 Å². The Balaban J connectivity index is 2.61. The Labute approximate surface area is 85.1 Å². The zero-order valence-corrected chi connectivity index (χ0v) is 9.36. The molecule has 0 atom stereocenters. The van der Waals surface area contributed by atoms with Gasteiger partial charge in [0.05, 0.1) is 11.0 Å². The van der Waals surface area contributed by atoms with E-state index in [1.54, 1.807) is 0 Å². The lowest BCUT2D eigenvalue weighted by molar-refractivity contribution is 0.620. The van der Waals surface area contributed by atoms with Crippen LogP contribution in [0.15, 0.2) is 24.5 Å². The smallest absolute Gasteiger partial charge is 0.0665 e. The molecule has 0 unspecified atom stereocenters. The Morgan fingerprint density at radius 3 is 1.43 bits per heavy atom. The predicted molar refractivity (Wildman–Crippen MR) is 60.7 cm³/mol. The molecule has 2 nitrogen and oxygen atoms in total. The summed E-state index contributed by atoms with van der Waals surface area (Å²) in [5, 5.41) is 0. The van der Waals surface area contributed by atoms with E-state index >= 15 is 0 Å². The maximum absolute atomic E-state index is 2.31. The highest BCUT2D eigenvalue weighted by Gasteiger charge is 2.09. The minimum absolute atomic E-state index is 0.538. The lowest BCUT2D eigenvalue weighted by Gasteiger charge is -2.08. The topological polar surface area (TPSA) is 9.86 Å². The summed E-state index contributed by atoms with van der Waals surface area (Å²) in [4.78, 5) is 0. The summed E-state index contributed by atoms with van der Waals surface area (Å²) in [7, 11) is 0. The summed E-state index contributed by atoms with van der Waals surface area (Å²) in [6.45, 7) is 8.86. The van der Waals surface area contributed by atoms with Crippen molar-refractivity contribution in [2.45, 2.75) is 39.8 Å². The van der Waals surface area contributed by atoms with Crippen molar-refractivity contribution in [2.24, 2.45) is 0 Å². The molecule has 0 saturated carbocycles. The fourth-order valence-electron chi connectivity index (χ4n) is 1.97. The zero-order chi connectivity index (χ0) is 10.3. The normalized spacial score (nSPS) is 12.1. The van der Waals surface area contributed by atoms with Crippen molar-refractivity contribution in [3.8, 4) is 0 Å². The Bertz CT molecular complexity index is 390. The number of fused-ring (bicyclic) bond motifs is 1. The molecule has 0 aromatic carbocycles. The molecule has 0 N–H and O–H groups in total. The van der Waals surface area contributed by atoms with E-state index in [0.717, 1.165) is 0 Å². The van der Waals surface area contributed by atoms with Crippen LogP contribution < -0.4 is 0 Å². The van der Waals surface area contributed by atoms with Gasteiger partial charge in [0.2, 0.25) is 0 Å². The van der Waals surface area contributed by atoms with Gasteiger partial charge in [-0.25, -0.2) is 0 Å². The quantitative estimate of drug-likeness (QED) is 0.684. The van der Waals surface area contributed by atoms with Crippen molar-refractivity contribution in [1.29, 1.82) is 0 Å². The van der Waals surface area contributed by atoms with Gasteiger partial charge in [0, 0.05) is 24.5 Å². The minimum atomic E-state index is 0.538. The molecule has 0 aliphatic carbocycles. The van der Waals surface area contributed by atoms with Gasteiger partial charge in [0.1, 0.15) is 0 Å². The van der Waals surface area contributed by atoms with Gasteiger partial charge in [-0.2, -0.15) is 0 Å². The lowest BCUT2D eigenvalue weighted by Crippen LogP contribution is -1.98. The van der Waals surface area contributed by atoms with E-state index in [-0.39, 0.29) is 0 Å². The molecule has 0 aliphatic heterocycles. The van der Waals surface area contributed by atoms with Crippen LogP contribution in [0.5, 0.6) is 0 Å². The van der Waals surface area contributed by atoms with Crippen molar-refractivity contribution < 1.29 is 0 Å². The maximum atomic E-state index is 2.31. The number of nitrogens with zero attached hydrogens (tertiary/aromatic N) is 2. The van der Waals surface area contributed by atoms with Gasteiger partial charge >= 0.3 is 0 Å². The molecule has 0 fully saturated rings. The van der Waals surface area contributed by atoms with Crippen molar-refractivity contribution in [1.82, 2.24) is 9.13 Å². The van der Waals surface area contributed by atoms with Crippen LogP contribution in [0, 0.1) is 0 Å². The van der Waals surface area contributed by atoms with Crippen LogP contribution in [0.4, 0.5) is 0 Å². The summed E-state index contributed by atoms with van der Waals surface area (Å²) >= 11 is 0. The van der Waals surface area contributed by atoms with Gasteiger partial charge in [-0.3, -0.25) is 0 Å². The highest BCUT2D eigenvalue weighted by molar-refractivity contribution is 5.77. The molecular formula is C12H18N2. The summed E-state index contributed by atoms with van der Waals surface area (Å²) in [5.74, 6) is 0. The van der Waals surface area contributed by atoms with Crippen molar-refractivity contribution in [3.63, 3.8) is 0 Å². The first-order valence-electron chi connectivity index (χ1n) is 5.28. The van der Waals surface area contributed by atoms with Gasteiger partial charge < -0.3 is 9.13 Å². The van der Waals surface area contributed by atoms with Crippen LogP contribution in [0.25, 0.3) is 11.0 Å². The Kier molecular flexibility index (Phi) is 2.14. The van der Waals surface area contributed by atoms with Crippen LogP contribution >= 0.6 is 0 Å². The Morgan fingerprint density at radius 1 is 0.786 bits per heavy atom. The van der Waals surface area contributed by atoms with Gasteiger partial charge in [-0.15, -0.1) is 0 Å². The van der Waals surface area contributed by atoms with Crippen molar-refractivity contribution in [2.75, 3.05) is 0 Å². The monoisotopic (exact) mass is 190 g/mol. The average molecular weight is 190 g/mol. The number of hydrogen-bond acceptors (Lipinski definition) is 0. The van der Waals surface area contributed by atoms with Crippen LogP contribution in [0.1, 0.15) is 39.8 Å². The summed E-state index contributed by atoms with van der Waals surface area (Å²) in [5.41, 5.74) is 2.68. The van der Waals surface area contributed by atoms with E-state index in [1.807, 2.05) is 0 Å². The molecular weight excluding hydrogens is 172 g/mol. The zero-order valence-electron chi connectivity index (χ0n) is 9.36. The molecule has 0 bridgehead atoms. The van der Waals surface area contributed by atoms with Gasteiger partial charge in [-0.05, 0) is 39.8 Å². The standard InChI is InChI=1S/C12H18N2/c1-9(2)13-7-5-12-11(13)6-8-14(12)10(3)4/h5-10H,1-4H3. The van der Waals surface area contributed by atoms with Crippen LogP contribution in [-0.2, 0) is 0 Å². The highest BCUT2D eigenvalue weighted by atomic mass is 15.1. The van der Waals surface area contributed by atoms with Crippen molar-refractivity contribution >= 4 is 11.0 Å². The Hall–Kier alpha value is -1.18. The second-order valence-electron chi connectivity index (χ2n) is 4.40. The third-order valence-corrected chi connectivity index (χ3v) is 2.72. The number of aromatic nitrogens is 2. The molecule has 0 amide bonds. The third-order valence-electron chi connectivity index (χ3n) is 2.72. The third kappa shape index (κ3) is 1.26. The molecule has 2 aromatic rings. The van der Waals surface area contributed by atoms with E-state index in [9.17, 15) is 0 Å². The Morgan fingerprint density at radius 2 is 1.14 bits per heavy atom. The second-order valence-corrected chi connectivity index (χ2v) is 4.40. The summed E-state index contributed by atoms with van der Waals surface area (Å²) in [6.07, 6.45) is 4.35. The van der Waals surface area contributed by atoms with Gasteiger partial charge in [0.15, 0.2) is 0 Å². The van der Waals surface area contributed by atoms with Crippen LogP contribution in [0.3, 0.4) is 0 Å². The summed E-state index contributed by atoms with van der Waals surface area (Å²) in [6, 6.07) is 5.48. The molecule has 76 valence electrons. The first-order chi connectivity index (χ1) is 6.61. The van der Waals surface area contributed by atoms with E-state index in [1.165, 1.54) is 11.0 Å². The van der Waals surface area contributed by atoms with Crippen LogP contribution in [0.2, 0.25) is 0 Å². The maximum Gasteiger partial charge on any atom is 0.0665 e. The van der Waals surface area contributed by atoms with E-state index in [0.29, 0.717) is 12.1 Å². The first kappa shape index (κ1) is 9.38. The highest BCUT2D eigenvalue weighted by Crippen LogP contribution is 2.23. The molecule has 0 saturated heterocycles. The molecule has 2 aromatic heterocycles. The number of hydrogen-bond donors (Lipinski definition) is 0. The predicted octanol–water partition coefficient (Wildman–Crippen LogP) is 3.60. The molecule has 2 heterocycles. The van der Waals surface area contributed by atoms with Gasteiger partial charge in [-0.1, -0.05) is 0 Å². The average Bonchev–Trinajstić information content (AvgIpc) is 2.59. The number of rotatable bonds is 2. The van der Waals surface area contributed by atoms with E-state index in [2.05, 4.69) is 61.4 Å². The summed E-state index contributed by atoms with van der Waals surface area (Å²) < 4.78 is 4.63. The lowest BCUT2D eigenvalue weighted by atomic mass is 10.3. The molecule has 2 heteroatoms. The first-order valence-corrected chi connectivity index (χ1v) is 5.28. The second kappa shape index (κ2) is 3.19. The SMILES string of the molecule is CC(C)n1ccc2c1ccn2C(C)C. The largest absolute Gasteiger partial charge is 0.344 e. The van der Waals surface area contributed by atoms with Crippen molar-refractivity contribution in [3.05, 3.63) is 24.5 Å². The van der Waals surface area contributed by atoms with Gasteiger partial charge in [0.25, 0.3) is 0 Å². The minimum Gasteiger partial charge on any atom is -0.344 e. The fraction of sp³-hybridized carbons (Fsp3) is 0.500. The molecule has 14 heavy (non-hydrogen) atoms. The molecule has 0 radical (unpaired) electrons. The molecule has 2 rings (SSSR count). The molecule has 0 spiro atoms. The fourth-order valence-corrected chi connectivity index (χ4v) is 1.97. The van der Waals surface area contributed by atoms with E-state index < -0.39 is 0 Å².